The summed E-state index contributed by atoms with van der Waals surface area (Å²) in [5.74, 6) is 0.191. The Morgan fingerprint density at radius 3 is 2.60 bits per heavy atom. The fraction of sp³-hybridized carbons (Fsp3) is 0.458. The number of nitrogens with zero attached hydrogens (tertiary/aromatic N) is 1. The Balaban J connectivity index is 1.64. The molecule has 4 nitrogen and oxygen atoms in total. The number of ketones is 1. The molecule has 1 fully saturated rings. The van der Waals surface area contributed by atoms with Crippen LogP contribution >= 0.6 is 23.2 Å². The van der Waals surface area contributed by atoms with Gasteiger partial charge in [-0.1, -0.05) is 19.1 Å². The van der Waals surface area contributed by atoms with E-state index in [4.69, 9.17) is 32.7 Å². The van der Waals surface area contributed by atoms with E-state index >= 15 is 0 Å². The van der Waals surface area contributed by atoms with Crippen molar-refractivity contribution in [1.82, 2.24) is 0 Å². The second kappa shape index (κ2) is 7.97. The van der Waals surface area contributed by atoms with Crippen LogP contribution in [-0.4, -0.2) is 37.4 Å². The zero-order chi connectivity index (χ0) is 21.6. The molecule has 30 heavy (non-hydrogen) atoms. The molecule has 0 aromatic heterocycles. The van der Waals surface area contributed by atoms with E-state index in [1.807, 2.05) is 0 Å². The van der Waals surface area contributed by atoms with Gasteiger partial charge in [0.05, 0.1) is 25.7 Å². The minimum absolute atomic E-state index is 0.123. The molecule has 1 aliphatic carbocycles. The highest BCUT2D eigenvalue weighted by Crippen LogP contribution is 2.66. The van der Waals surface area contributed by atoms with Crippen molar-refractivity contribution in [2.45, 2.75) is 42.5 Å². The zero-order valence-electron chi connectivity index (χ0n) is 17.7. The Morgan fingerprint density at radius 1 is 1.17 bits per heavy atom. The Hall–Kier alpha value is -1.91. The van der Waals surface area contributed by atoms with Crippen LogP contribution in [0.25, 0.3) is 0 Å². The Labute approximate surface area is 188 Å². The highest BCUT2D eigenvalue weighted by atomic mass is 35.5. The van der Waals surface area contributed by atoms with Crippen LogP contribution in [-0.2, 0) is 6.42 Å². The van der Waals surface area contributed by atoms with Crippen LogP contribution in [0.4, 0.5) is 5.69 Å². The molecule has 0 bridgehead atoms. The molecule has 3 atom stereocenters. The van der Waals surface area contributed by atoms with Crippen LogP contribution < -0.4 is 14.4 Å². The SMILES string of the molecule is CCC1CCc2cc(C3C(C(=O)c4cc(OC)ccc4OC)C3(Cl)Cl)ccc2N1C. The number of anilines is 1. The molecule has 160 valence electrons. The monoisotopic (exact) mass is 447 g/mol. The van der Waals surface area contributed by atoms with Crippen LogP contribution in [0.2, 0.25) is 0 Å². The molecule has 1 heterocycles. The van der Waals surface area contributed by atoms with Gasteiger partial charge < -0.3 is 14.4 Å². The topological polar surface area (TPSA) is 38.8 Å². The van der Waals surface area contributed by atoms with Gasteiger partial charge in [0.15, 0.2) is 5.78 Å². The molecule has 1 saturated carbocycles. The number of fused-ring (bicyclic) bond motifs is 1. The second-order valence-corrected chi connectivity index (χ2v) is 9.60. The van der Waals surface area contributed by atoms with Crippen LogP contribution in [0.1, 0.15) is 47.2 Å². The third-order valence-electron chi connectivity index (χ3n) is 6.62. The van der Waals surface area contributed by atoms with E-state index in [0.717, 1.165) is 24.8 Å². The van der Waals surface area contributed by atoms with Crippen LogP contribution in [0.3, 0.4) is 0 Å². The number of aryl methyl sites for hydroxylation is 1. The van der Waals surface area contributed by atoms with Crippen molar-refractivity contribution in [3.8, 4) is 11.5 Å². The second-order valence-electron chi connectivity index (χ2n) is 8.16. The lowest BCUT2D eigenvalue weighted by Crippen LogP contribution is -2.35. The van der Waals surface area contributed by atoms with Gasteiger partial charge in [0.25, 0.3) is 0 Å². The van der Waals surface area contributed by atoms with Crippen molar-refractivity contribution >= 4 is 34.7 Å². The molecule has 0 radical (unpaired) electrons. The number of hydrogen-bond acceptors (Lipinski definition) is 4. The molecule has 6 heteroatoms. The predicted molar refractivity (Wildman–Crippen MR) is 122 cm³/mol. The standard InChI is InChI=1S/C24H27Cl2NO3/c1-5-16-8-6-14-12-15(7-10-19(14)27(16)2)21-22(24(21,25)26)23(28)18-13-17(29-3)9-11-20(18)30-4/h7,9-13,16,21-22H,5-6,8H2,1-4H3. The van der Waals surface area contributed by atoms with Gasteiger partial charge in [0.1, 0.15) is 15.8 Å². The molecule has 0 spiro atoms. The Morgan fingerprint density at radius 2 is 1.93 bits per heavy atom. The summed E-state index contributed by atoms with van der Waals surface area (Å²) < 4.78 is 9.54. The lowest BCUT2D eigenvalue weighted by atomic mass is 9.92. The fourth-order valence-corrected chi connectivity index (χ4v) is 5.60. The number of methoxy groups -OCH3 is 2. The number of carbonyl (C=O) groups excluding carboxylic acids is 1. The highest BCUT2D eigenvalue weighted by Gasteiger charge is 2.67. The Kier molecular flexibility index (Phi) is 5.67. The van der Waals surface area contributed by atoms with Crippen LogP contribution in [0, 0.1) is 5.92 Å². The van der Waals surface area contributed by atoms with Crippen molar-refractivity contribution < 1.29 is 14.3 Å². The van der Waals surface area contributed by atoms with Gasteiger partial charge in [-0.15, -0.1) is 23.2 Å². The smallest absolute Gasteiger partial charge is 0.173 e. The van der Waals surface area contributed by atoms with Crippen molar-refractivity contribution in [3.63, 3.8) is 0 Å². The maximum absolute atomic E-state index is 13.4. The molecule has 2 aromatic rings. The van der Waals surface area contributed by atoms with Gasteiger partial charge >= 0.3 is 0 Å². The van der Waals surface area contributed by atoms with Crippen molar-refractivity contribution in [3.05, 3.63) is 53.1 Å². The van der Waals surface area contributed by atoms with Gasteiger partial charge in [-0.05, 0) is 54.7 Å². The lowest BCUT2D eigenvalue weighted by Gasteiger charge is -2.36. The molecule has 0 amide bonds. The van der Waals surface area contributed by atoms with E-state index in [1.165, 1.54) is 11.3 Å². The van der Waals surface area contributed by atoms with E-state index in [-0.39, 0.29) is 11.7 Å². The first kappa shape index (κ1) is 21.3. The summed E-state index contributed by atoms with van der Waals surface area (Å²) in [7, 11) is 5.26. The number of ether oxygens (including phenoxy) is 2. The predicted octanol–water partition coefficient (Wildman–Crippen LogP) is 5.64. The van der Waals surface area contributed by atoms with Gasteiger partial charge in [-0.2, -0.15) is 0 Å². The minimum atomic E-state index is -1.13. The largest absolute Gasteiger partial charge is 0.497 e. The first-order valence-electron chi connectivity index (χ1n) is 10.3. The first-order valence-corrected chi connectivity index (χ1v) is 11.1. The average Bonchev–Trinajstić information content (AvgIpc) is 3.34. The quantitative estimate of drug-likeness (QED) is 0.424. The van der Waals surface area contributed by atoms with Crippen molar-refractivity contribution in [1.29, 1.82) is 0 Å². The van der Waals surface area contributed by atoms with E-state index in [9.17, 15) is 4.79 Å². The van der Waals surface area contributed by atoms with Crippen molar-refractivity contribution in [2.24, 2.45) is 5.92 Å². The summed E-state index contributed by atoms with van der Waals surface area (Å²) in [6.45, 7) is 2.23. The number of hydrogen-bond donors (Lipinski definition) is 0. The Bertz CT molecular complexity index is 975. The van der Waals surface area contributed by atoms with Gasteiger partial charge in [-0.3, -0.25) is 4.79 Å². The third-order valence-corrected chi connectivity index (χ3v) is 7.56. The molecular formula is C24H27Cl2NO3. The van der Waals surface area contributed by atoms with Gasteiger partial charge in [0, 0.05) is 24.7 Å². The summed E-state index contributed by atoms with van der Waals surface area (Å²) in [5.41, 5.74) is 4.01. The number of halogens is 2. The van der Waals surface area contributed by atoms with Crippen LogP contribution in [0.15, 0.2) is 36.4 Å². The molecule has 0 N–H and O–H groups in total. The molecule has 1 aliphatic heterocycles. The van der Waals surface area contributed by atoms with Gasteiger partial charge in [-0.25, -0.2) is 0 Å². The number of alkyl halides is 2. The average molecular weight is 448 g/mol. The maximum atomic E-state index is 13.4. The van der Waals surface area contributed by atoms with Crippen LogP contribution in [0.5, 0.6) is 11.5 Å². The van der Waals surface area contributed by atoms with E-state index < -0.39 is 10.3 Å². The van der Waals surface area contributed by atoms with E-state index in [1.54, 1.807) is 32.4 Å². The van der Waals surface area contributed by atoms with Crippen molar-refractivity contribution in [2.75, 3.05) is 26.2 Å². The minimum Gasteiger partial charge on any atom is -0.497 e. The molecule has 4 rings (SSSR count). The first-order chi connectivity index (χ1) is 14.3. The summed E-state index contributed by atoms with van der Waals surface area (Å²) in [4.78, 5) is 15.7. The number of benzene rings is 2. The lowest BCUT2D eigenvalue weighted by molar-refractivity contribution is 0.0961. The molecule has 2 aromatic carbocycles. The van der Waals surface area contributed by atoms with Gasteiger partial charge in [0.2, 0.25) is 0 Å². The summed E-state index contributed by atoms with van der Waals surface area (Å²) in [5, 5.41) is 0. The molecular weight excluding hydrogens is 421 g/mol. The summed E-state index contributed by atoms with van der Waals surface area (Å²) in [6.07, 6.45) is 3.29. The molecule has 0 saturated heterocycles. The summed E-state index contributed by atoms with van der Waals surface area (Å²) >= 11 is 13.3. The van der Waals surface area contributed by atoms with E-state index in [2.05, 4.69) is 37.1 Å². The number of carbonyl (C=O) groups is 1. The zero-order valence-corrected chi connectivity index (χ0v) is 19.3. The fourth-order valence-electron chi connectivity index (χ4n) is 4.78. The molecule has 3 unspecified atom stereocenters. The third kappa shape index (κ3) is 3.44. The molecule has 2 aliphatic rings. The number of Topliss-reactive ketones (excluding diaryl/α,β-unsaturated/α-hetero) is 1. The summed E-state index contributed by atoms with van der Waals surface area (Å²) in [6, 6.07) is 12.1. The normalized spacial score (nSPS) is 24.2. The maximum Gasteiger partial charge on any atom is 0.173 e. The number of rotatable bonds is 6. The highest BCUT2D eigenvalue weighted by molar-refractivity contribution is 6.54. The van der Waals surface area contributed by atoms with E-state index in [0.29, 0.717) is 23.1 Å².